The Balaban J connectivity index is 2.13. The van der Waals surface area contributed by atoms with Crippen LogP contribution in [0.2, 0.25) is 0 Å². The van der Waals surface area contributed by atoms with Crippen molar-refractivity contribution in [3.63, 3.8) is 0 Å². The summed E-state index contributed by atoms with van der Waals surface area (Å²) in [6.45, 7) is 8.86. The Morgan fingerprint density at radius 3 is 2.74 bits per heavy atom. The molecule has 0 aliphatic rings. The topological polar surface area (TPSA) is 49.3 Å². The molecule has 2 aromatic rings. The zero-order chi connectivity index (χ0) is 16.7. The number of thioether (sulfide) groups is 1. The molecular weight excluding hydrogens is 304 g/mol. The Morgan fingerprint density at radius 2 is 2.00 bits per heavy atom. The van der Waals surface area contributed by atoms with Gasteiger partial charge >= 0.3 is 0 Å². The number of aromatic nitrogens is 1. The van der Waals surface area contributed by atoms with Crippen LogP contribution in [0.4, 0.5) is 0 Å². The first kappa shape index (κ1) is 17.6. The number of hydrogen-bond donors (Lipinski definition) is 2. The smallest absolute Gasteiger partial charge is 0.191 e. The van der Waals surface area contributed by atoms with Crippen LogP contribution in [-0.2, 0) is 6.54 Å². The van der Waals surface area contributed by atoms with Gasteiger partial charge in [0, 0.05) is 29.4 Å². The molecule has 2 rings (SSSR count). The fourth-order valence-corrected chi connectivity index (χ4v) is 2.39. The highest BCUT2D eigenvalue weighted by Gasteiger charge is 2.16. The number of fused-ring (bicyclic) bond motifs is 1. The fraction of sp³-hybridized carbons (Fsp3) is 0.444. The van der Waals surface area contributed by atoms with Crippen molar-refractivity contribution in [1.29, 1.82) is 0 Å². The molecule has 23 heavy (non-hydrogen) atoms. The number of hydrogen-bond acceptors (Lipinski definition) is 3. The first-order chi connectivity index (χ1) is 11.1. The van der Waals surface area contributed by atoms with Crippen LogP contribution < -0.4 is 10.6 Å². The molecule has 0 fully saturated rings. The lowest BCUT2D eigenvalue weighted by Crippen LogP contribution is -2.43. The third-order valence-electron chi connectivity index (χ3n) is 3.70. The third kappa shape index (κ3) is 5.13. The normalized spacial score (nSPS) is 12.4. The fourth-order valence-electron chi connectivity index (χ4n) is 2.17. The summed E-state index contributed by atoms with van der Waals surface area (Å²) in [5.41, 5.74) is 2.17. The van der Waals surface area contributed by atoms with Crippen LogP contribution in [0.1, 0.15) is 26.3 Å². The second-order valence-electron chi connectivity index (χ2n) is 6.00. The van der Waals surface area contributed by atoms with Crippen molar-refractivity contribution >= 4 is 28.6 Å². The van der Waals surface area contributed by atoms with Gasteiger partial charge in [-0.2, -0.15) is 11.8 Å². The highest BCUT2D eigenvalue weighted by Crippen LogP contribution is 2.19. The predicted octanol–water partition coefficient (Wildman–Crippen LogP) is 3.43. The third-order valence-corrected chi connectivity index (χ3v) is 4.95. The number of rotatable bonds is 6. The van der Waals surface area contributed by atoms with Crippen LogP contribution in [0.25, 0.3) is 10.9 Å². The van der Waals surface area contributed by atoms with Gasteiger partial charge in [0.25, 0.3) is 0 Å². The standard InChI is InChI=1S/C18H26N4S/c1-5-19-17(22-13-18(2,3)23-4)21-12-15-9-6-8-14-10-7-11-20-16(14)15/h6-11H,5,12-13H2,1-4H3,(H2,19,21,22). The van der Waals surface area contributed by atoms with Gasteiger partial charge in [-0.3, -0.25) is 4.98 Å². The largest absolute Gasteiger partial charge is 0.357 e. The number of aliphatic imine (C=N–C) groups is 1. The Hall–Kier alpha value is -1.75. The van der Waals surface area contributed by atoms with E-state index in [1.165, 1.54) is 0 Å². The molecule has 1 aromatic carbocycles. The second kappa shape index (κ2) is 8.20. The van der Waals surface area contributed by atoms with E-state index in [-0.39, 0.29) is 4.75 Å². The van der Waals surface area contributed by atoms with Gasteiger partial charge in [0.15, 0.2) is 5.96 Å². The molecule has 0 unspecified atom stereocenters. The molecule has 124 valence electrons. The number of para-hydroxylation sites is 1. The summed E-state index contributed by atoms with van der Waals surface area (Å²) in [7, 11) is 0. The van der Waals surface area contributed by atoms with E-state index >= 15 is 0 Å². The number of pyridine rings is 1. The van der Waals surface area contributed by atoms with E-state index in [4.69, 9.17) is 4.99 Å². The van der Waals surface area contributed by atoms with Crippen LogP contribution in [-0.4, -0.2) is 35.0 Å². The molecule has 2 N–H and O–H groups in total. The average Bonchev–Trinajstić information content (AvgIpc) is 2.57. The number of nitrogens with zero attached hydrogens (tertiary/aromatic N) is 2. The van der Waals surface area contributed by atoms with Gasteiger partial charge in [-0.25, -0.2) is 4.99 Å². The molecule has 0 aliphatic heterocycles. The first-order valence-electron chi connectivity index (χ1n) is 7.95. The van der Waals surface area contributed by atoms with E-state index in [1.54, 1.807) is 0 Å². The Bertz CT molecular complexity index is 662. The second-order valence-corrected chi connectivity index (χ2v) is 7.52. The molecule has 1 heterocycles. The van der Waals surface area contributed by atoms with Gasteiger partial charge in [-0.15, -0.1) is 0 Å². The summed E-state index contributed by atoms with van der Waals surface area (Å²) in [6.07, 6.45) is 3.97. The highest BCUT2D eigenvalue weighted by atomic mass is 32.2. The zero-order valence-electron chi connectivity index (χ0n) is 14.4. The van der Waals surface area contributed by atoms with E-state index in [9.17, 15) is 0 Å². The van der Waals surface area contributed by atoms with Crippen molar-refractivity contribution in [2.75, 3.05) is 19.3 Å². The van der Waals surface area contributed by atoms with Crippen molar-refractivity contribution in [2.45, 2.75) is 32.1 Å². The van der Waals surface area contributed by atoms with Crippen molar-refractivity contribution in [3.05, 3.63) is 42.1 Å². The minimum absolute atomic E-state index is 0.178. The van der Waals surface area contributed by atoms with Gasteiger partial charge in [0.2, 0.25) is 0 Å². The summed E-state index contributed by atoms with van der Waals surface area (Å²) in [5.74, 6) is 0.850. The molecule has 0 saturated heterocycles. The lowest BCUT2D eigenvalue weighted by Gasteiger charge is -2.23. The van der Waals surface area contributed by atoms with E-state index in [0.29, 0.717) is 6.54 Å². The van der Waals surface area contributed by atoms with Crippen molar-refractivity contribution in [1.82, 2.24) is 15.6 Å². The highest BCUT2D eigenvalue weighted by molar-refractivity contribution is 7.99. The summed E-state index contributed by atoms with van der Waals surface area (Å²) in [5, 5.41) is 7.89. The summed E-state index contributed by atoms with van der Waals surface area (Å²) < 4.78 is 0.178. The molecule has 0 saturated carbocycles. The van der Waals surface area contributed by atoms with Gasteiger partial charge in [-0.1, -0.05) is 24.3 Å². The Morgan fingerprint density at radius 1 is 1.22 bits per heavy atom. The van der Waals surface area contributed by atoms with E-state index < -0.39 is 0 Å². The molecule has 0 bridgehead atoms. The average molecular weight is 331 g/mol. The summed E-state index contributed by atoms with van der Waals surface area (Å²) in [4.78, 5) is 9.21. The molecular formula is C18H26N4S. The lowest BCUT2D eigenvalue weighted by molar-refractivity contribution is 0.665. The van der Waals surface area contributed by atoms with Gasteiger partial charge in [0.05, 0.1) is 12.1 Å². The minimum Gasteiger partial charge on any atom is -0.357 e. The van der Waals surface area contributed by atoms with E-state index in [0.717, 1.165) is 35.5 Å². The predicted molar refractivity (Wildman–Crippen MR) is 102 cm³/mol. The quantitative estimate of drug-likeness (QED) is 0.629. The maximum Gasteiger partial charge on any atom is 0.191 e. The van der Waals surface area contributed by atoms with Crippen molar-refractivity contribution in [3.8, 4) is 0 Å². The van der Waals surface area contributed by atoms with Gasteiger partial charge < -0.3 is 10.6 Å². The molecule has 0 atom stereocenters. The lowest BCUT2D eigenvalue weighted by atomic mass is 10.1. The van der Waals surface area contributed by atoms with Crippen molar-refractivity contribution < 1.29 is 0 Å². The SMILES string of the molecule is CCNC(=NCc1cccc2cccnc12)NCC(C)(C)SC. The number of nitrogens with one attached hydrogen (secondary N) is 2. The van der Waals surface area contributed by atoms with Crippen molar-refractivity contribution in [2.24, 2.45) is 4.99 Å². The maximum absolute atomic E-state index is 4.72. The minimum atomic E-state index is 0.178. The van der Waals surface area contributed by atoms with Crippen LogP contribution in [0.3, 0.4) is 0 Å². The molecule has 0 aliphatic carbocycles. The molecule has 0 amide bonds. The van der Waals surface area contributed by atoms with E-state index in [2.05, 4.69) is 66.9 Å². The first-order valence-corrected chi connectivity index (χ1v) is 9.18. The zero-order valence-corrected chi connectivity index (χ0v) is 15.2. The van der Waals surface area contributed by atoms with Crippen LogP contribution in [0, 0.1) is 0 Å². The monoisotopic (exact) mass is 330 g/mol. The van der Waals surface area contributed by atoms with E-state index in [1.807, 2.05) is 24.0 Å². The van der Waals surface area contributed by atoms with Gasteiger partial charge in [0.1, 0.15) is 0 Å². The number of guanidine groups is 1. The van der Waals surface area contributed by atoms with Gasteiger partial charge in [-0.05, 0) is 38.7 Å². The summed E-state index contributed by atoms with van der Waals surface area (Å²) in [6, 6.07) is 10.3. The molecule has 4 nitrogen and oxygen atoms in total. The molecule has 5 heteroatoms. The Kier molecular flexibility index (Phi) is 6.28. The summed E-state index contributed by atoms with van der Waals surface area (Å²) >= 11 is 1.85. The van der Waals surface area contributed by atoms with Crippen LogP contribution >= 0.6 is 11.8 Å². The number of benzene rings is 1. The molecule has 0 spiro atoms. The maximum atomic E-state index is 4.72. The molecule has 1 aromatic heterocycles. The molecule has 0 radical (unpaired) electrons. The Labute approximate surface area is 143 Å². The van der Waals surface area contributed by atoms with Crippen LogP contribution in [0.5, 0.6) is 0 Å². The van der Waals surface area contributed by atoms with Crippen LogP contribution in [0.15, 0.2) is 41.5 Å².